The standard InChI is InChI=1S/C39H42N4O3/c44-37(23-29-7-2-1-3-8-29)43(28-30-9-6-18-40-27-30)39(17-16-33-24-31-10-4-5-11-32(31)25-34(33)26-39)38(45)41-35-12-14-36(15-13-35)42-19-21-46-22-20-42/h1-15,18,27,33-34H,16-17,19-26,28H2,(H,41,45). The number of ether oxygens (including phenoxy) is 1. The molecule has 0 radical (unpaired) electrons. The van der Waals surface area contributed by atoms with E-state index in [0.29, 0.717) is 31.2 Å². The molecule has 2 aliphatic carbocycles. The zero-order chi connectivity index (χ0) is 31.3. The van der Waals surface area contributed by atoms with Gasteiger partial charge in [0.2, 0.25) is 11.8 Å². The minimum absolute atomic E-state index is 0.0393. The Morgan fingerprint density at radius 3 is 2.26 bits per heavy atom. The molecule has 7 rings (SSSR count). The van der Waals surface area contributed by atoms with Gasteiger partial charge in [0.25, 0.3) is 0 Å². The molecule has 1 aliphatic heterocycles. The van der Waals surface area contributed by atoms with Crippen LogP contribution in [0.5, 0.6) is 0 Å². The number of benzene rings is 3. The summed E-state index contributed by atoms with van der Waals surface area (Å²) in [6, 6.07) is 30.6. The quantitative estimate of drug-likeness (QED) is 0.260. The van der Waals surface area contributed by atoms with E-state index in [2.05, 4.69) is 51.6 Å². The van der Waals surface area contributed by atoms with Crippen LogP contribution in [0.4, 0.5) is 11.4 Å². The minimum Gasteiger partial charge on any atom is -0.378 e. The summed E-state index contributed by atoms with van der Waals surface area (Å²) < 4.78 is 5.52. The van der Waals surface area contributed by atoms with Gasteiger partial charge in [0, 0.05) is 43.4 Å². The summed E-state index contributed by atoms with van der Waals surface area (Å²) in [6.45, 7) is 3.48. The molecule has 3 atom stereocenters. The molecule has 7 heteroatoms. The average Bonchev–Trinajstić information content (AvgIpc) is 3.11. The molecular formula is C39H42N4O3. The van der Waals surface area contributed by atoms with Crippen LogP contribution in [-0.4, -0.2) is 53.5 Å². The van der Waals surface area contributed by atoms with E-state index in [-0.39, 0.29) is 18.2 Å². The van der Waals surface area contributed by atoms with Gasteiger partial charge in [-0.3, -0.25) is 14.6 Å². The molecule has 0 bridgehead atoms. The van der Waals surface area contributed by atoms with Crippen LogP contribution in [0, 0.1) is 11.8 Å². The first kappa shape index (κ1) is 30.2. The summed E-state index contributed by atoms with van der Waals surface area (Å²) in [6.07, 6.45) is 7.89. The van der Waals surface area contributed by atoms with E-state index in [9.17, 15) is 9.59 Å². The normalized spacial score (nSPS) is 22.3. The summed E-state index contributed by atoms with van der Waals surface area (Å²) in [7, 11) is 0. The predicted molar refractivity (Wildman–Crippen MR) is 180 cm³/mol. The third kappa shape index (κ3) is 6.42. The van der Waals surface area contributed by atoms with E-state index >= 15 is 0 Å². The van der Waals surface area contributed by atoms with Crippen molar-refractivity contribution in [2.24, 2.45) is 11.8 Å². The van der Waals surface area contributed by atoms with E-state index in [0.717, 1.165) is 68.1 Å². The Morgan fingerprint density at radius 1 is 0.848 bits per heavy atom. The predicted octanol–water partition coefficient (Wildman–Crippen LogP) is 6.08. The van der Waals surface area contributed by atoms with Gasteiger partial charge in [-0.1, -0.05) is 60.7 Å². The Labute approximate surface area is 271 Å². The fourth-order valence-electron chi connectivity index (χ4n) is 7.81. The van der Waals surface area contributed by atoms with Crippen molar-refractivity contribution in [2.75, 3.05) is 36.5 Å². The van der Waals surface area contributed by atoms with E-state index in [1.807, 2.05) is 59.5 Å². The smallest absolute Gasteiger partial charge is 0.250 e. The maximum atomic E-state index is 14.8. The van der Waals surface area contributed by atoms with Crippen molar-refractivity contribution in [3.63, 3.8) is 0 Å². The SMILES string of the molecule is O=C(Cc1ccccc1)N(Cc1cccnc1)C1(C(=O)Nc2ccc(N3CCOCC3)cc2)CCC2Cc3ccccc3CC2C1. The third-order valence-corrected chi connectivity index (χ3v) is 10.3. The maximum absolute atomic E-state index is 14.8. The molecule has 1 saturated heterocycles. The van der Waals surface area contributed by atoms with Gasteiger partial charge in [-0.25, -0.2) is 0 Å². The molecule has 1 N–H and O–H groups in total. The molecule has 2 heterocycles. The number of pyridine rings is 1. The van der Waals surface area contributed by atoms with Crippen LogP contribution in [-0.2, 0) is 40.1 Å². The van der Waals surface area contributed by atoms with E-state index in [4.69, 9.17) is 4.74 Å². The Kier molecular flexibility index (Phi) is 8.84. The highest BCUT2D eigenvalue weighted by Crippen LogP contribution is 2.47. The molecule has 3 aliphatic rings. The highest BCUT2D eigenvalue weighted by Gasteiger charge is 2.52. The van der Waals surface area contributed by atoms with E-state index in [1.54, 1.807) is 12.4 Å². The maximum Gasteiger partial charge on any atom is 0.250 e. The molecule has 0 spiro atoms. The van der Waals surface area contributed by atoms with Gasteiger partial charge < -0.3 is 19.9 Å². The van der Waals surface area contributed by atoms with Crippen molar-refractivity contribution in [3.8, 4) is 0 Å². The van der Waals surface area contributed by atoms with Gasteiger partial charge in [-0.05, 0) is 96.5 Å². The average molecular weight is 615 g/mol. The molecule has 3 unspecified atom stereocenters. The van der Waals surface area contributed by atoms with Gasteiger partial charge in [-0.2, -0.15) is 0 Å². The molecule has 2 fully saturated rings. The Balaban J connectivity index is 1.23. The largest absolute Gasteiger partial charge is 0.378 e. The number of nitrogens with zero attached hydrogens (tertiary/aromatic N) is 3. The first-order valence-corrected chi connectivity index (χ1v) is 16.6. The number of fused-ring (bicyclic) bond motifs is 2. The van der Waals surface area contributed by atoms with Crippen molar-refractivity contribution >= 4 is 23.2 Å². The molecule has 1 aromatic heterocycles. The van der Waals surface area contributed by atoms with Crippen molar-refractivity contribution in [1.82, 2.24) is 9.88 Å². The van der Waals surface area contributed by atoms with Gasteiger partial charge in [-0.15, -0.1) is 0 Å². The number of carbonyl (C=O) groups is 2. The van der Waals surface area contributed by atoms with Gasteiger partial charge in [0.05, 0.1) is 19.6 Å². The zero-order valence-electron chi connectivity index (χ0n) is 26.3. The van der Waals surface area contributed by atoms with Crippen LogP contribution in [0.3, 0.4) is 0 Å². The first-order valence-electron chi connectivity index (χ1n) is 16.6. The lowest BCUT2D eigenvalue weighted by Gasteiger charge is -2.51. The molecular weight excluding hydrogens is 572 g/mol. The van der Waals surface area contributed by atoms with Crippen LogP contribution in [0.1, 0.15) is 41.5 Å². The number of amides is 2. The first-order chi connectivity index (χ1) is 22.6. The lowest BCUT2D eigenvalue weighted by molar-refractivity contribution is -0.150. The fourth-order valence-corrected chi connectivity index (χ4v) is 7.81. The Morgan fingerprint density at radius 2 is 1.54 bits per heavy atom. The van der Waals surface area contributed by atoms with Crippen LogP contribution in [0.2, 0.25) is 0 Å². The number of rotatable bonds is 8. The Bertz CT molecular complexity index is 1640. The molecule has 7 nitrogen and oxygen atoms in total. The second-order valence-electron chi connectivity index (χ2n) is 13.1. The van der Waals surface area contributed by atoms with Crippen LogP contribution in [0.25, 0.3) is 0 Å². The number of anilines is 2. The van der Waals surface area contributed by atoms with Crippen LogP contribution < -0.4 is 10.2 Å². The molecule has 1 saturated carbocycles. The zero-order valence-corrected chi connectivity index (χ0v) is 26.3. The van der Waals surface area contributed by atoms with E-state index in [1.165, 1.54) is 11.1 Å². The van der Waals surface area contributed by atoms with Gasteiger partial charge >= 0.3 is 0 Å². The fraction of sp³-hybridized carbons (Fsp3) is 0.359. The van der Waals surface area contributed by atoms with Crippen molar-refractivity contribution < 1.29 is 14.3 Å². The minimum atomic E-state index is -1.00. The second-order valence-corrected chi connectivity index (χ2v) is 13.1. The monoisotopic (exact) mass is 614 g/mol. The lowest BCUT2D eigenvalue weighted by Crippen LogP contribution is -2.62. The highest BCUT2D eigenvalue weighted by molar-refractivity contribution is 6.01. The summed E-state index contributed by atoms with van der Waals surface area (Å²) in [4.78, 5) is 37.8. The lowest BCUT2D eigenvalue weighted by atomic mass is 9.62. The number of hydrogen-bond acceptors (Lipinski definition) is 5. The summed E-state index contributed by atoms with van der Waals surface area (Å²) >= 11 is 0. The van der Waals surface area contributed by atoms with Crippen LogP contribution in [0.15, 0.2) is 103 Å². The molecule has 236 valence electrons. The third-order valence-electron chi connectivity index (χ3n) is 10.3. The van der Waals surface area contributed by atoms with Gasteiger partial charge in [0.15, 0.2) is 0 Å². The molecule has 46 heavy (non-hydrogen) atoms. The summed E-state index contributed by atoms with van der Waals surface area (Å²) in [5.41, 5.74) is 5.52. The number of nitrogens with one attached hydrogen (secondary N) is 1. The van der Waals surface area contributed by atoms with Crippen LogP contribution >= 0.6 is 0 Å². The number of morpholine rings is 1. The van der Waals surface area contributed by atoms with Crippen molar-refractivity contribution in [3.05, 3.63) is 126 Å². The molecule has 2 amide bonds. The number of aromatic nitrogens is 1. The van der Waals surface area contributed by atoms with Crippen molar-refractivity contribution in [2.45, 2.75) is 50.6 Å². The second kappa shape index (κ2) is 13.5. The topological polar surface area (TPSA) is 74.8 Å². The van der Waals surface area contributed by atoms with Crippen molar-refractivity contribution in [1.29, 1.82) is 0 Å². The molecule has 4 aromatic rings. The number of hydrogen-bond donors (Lipinski definition) is 1. The summed E-state index contributed by atoms with van der Waals surface area (Å²) in [5.74, 6) is 0.656. The Hall–Kier alpha value is -4.49. The van der Waals surface area contributed by atoms with Gasteiger partial charge in [0.1, 0.15) is 5.54 Å². The molecule has 3 aromatic carbocycles. The summed E-state index contributed by atoms with van der Waals surface area (Å²) in [5, 5.41) is 3.29. The van der Waals surface area contributed by atoms with E-state index < -0.39 is 5.54 Å². The highest BCUT2D eigenvalue weighted by atomic mass is 16.5. The number of carbonyl (C=O) groups excluding carboxylic acids is 2.